The van der Waals surface area contributed by atoms with E-state index in [1.54, 1.807) is 0 Å². The maximum Gasteiger partial charge on any atom is 0.240 e. The molecule has 0 radical (unpaired) electrons. The van der Waals surface area contributed by atoms with Crippen molar-refractivity contribution >= 4 is 103 Å². The lowest BCUT2D eigenvalue weighted by atomic mass is 9.20. The molecule has 0 saturated carbocycles. The third-order valence-corrected chi connectivity index (χ3v) is 24.4. The molecule has 3 aliphatic rings. The molecule has 0 bridgehead atoms. The highest BCUT2D eigenvalue weighted by Crippen LogP contribution is 2.58. The largest absolute Gasteiger partial charge is 0.311 e. The van der Waals surface area contributed by atoms with Gasteiger partial charge in [-0.25, -0.2) is 0 Å². The molecule has 0 amide bonds. The van der Waals surface area contributed by atoms with Crippen LogP contribution in [0.15, 0.2) is 237 Å². The number of hydrogen-bond acceptors (Lipinski definition) is 1. The molecule has 4 heteroatoms. The lowest BCUT2D eigenvalue weighted by molar-refractivity contribution is 0.812. The molecule has 1 nitrogen and oxygen atoms in total. The average molecular weight is 1130 g/mol. The molecule has 0 fully saturated rings. The normalized spacial score (nSPS) is 14.4. The summed E-state index contributed by atoms with van der Waals surface area (Å²) in [5.41, 5.74) is 28.7. The van der Waals surface area contributed by atoms with Crippen LogP contribution in [0.5, 0.6) is 0 Å². The first-order valence-corrected chi connectivity index (χ1v) is 34.0. The van der Waals surface area contributed by atoms with Crippen LogP contribution >= 0.6 is 0 Å². The maximum absolute atomic E-state index is 3.35. The molecule has 424 valence electrons. The molecular weight excluding hydrogens is 1050 g/mol. The molecule has 86 heavy (non-hydrogen) atoms. The van der Waals surface area contributed by atoms with Crippen LogP contribution in [0.4, 0.5) is 17.1 Å². The third-order valence-electron chi connectivity index (χ3n) is 19.3. The van der Waals surface area contributed by atoms with Gasteiger partial charge in [0.05, 0.1) is 0 Å². The Hall–Kier alpha value is -8.17. The quantitative estimate of drug-likeness (QED) is 0.104. The summed E-state index contributed by atoms with van der Waals surface area (Å²) >= 11 is 0. The second kappa shape index (κ2) is 22.9. The summed E-state index contributed by atoms with van der Waals surface area (Å²) in [6.07, 6.45) is 0. The topological polar surface area (TPSA) is 3.24 Å². The van der Waals surface area contributed by atoms with Crippen molar-refractivity contribution in [1.82, 2.24) is 0 Å². The van der Waals surface area contributed by atoms with Crippen molar-refractivity contribution in [2.24, 2.45) is 0 Å². The zero-order chi connectivity index (χ0) is 59.7. The molecule has 0 N–H and O–H groups in total. The van der Waals surface area contributed by atoms with Crippen LogP contribution in [-0.4, -0.2) is 21.5 Å². The number of fused-ring (bicyclic) bond motifs is 6. The summed E-state index contributed by atoms with van der Waals surface area (Å²) in [7, 11) is -3.35. The van der Waals surface area contributed by atoms with Crippen LogP contribution < -0.4 is 48.1 Å². The van der Waals surface area contributed by atoms with Crippen LogP contribution in [0.1, 0.15) is 174 Å². The van der Waals surface area contributed by atoms with Crippen LogP contribution in [0.3, 0.4) is 0 Å². The lowest BCUT2D eigenvalue weighted by Gasteiger charge is -2.46. The second-order valence-electron chi connectivity index (χ2n) is 26.5. The molecule has 3 heterocycles. The summed E-state index contributed by atoms with van der Waals surface area (Å²) in [6, 6.07) is 92.3. The van der Waals surface area contributed by atoms with Crippen molar-refractivity contribution in [1.29, 1.82) is 0 Å². The number of benzene rings is 10. The highest BCUT2D eigenvalue weighted by Gasteiger charge is 2.58. The van der Waals surface area contributed by atoms with E-state index in [0.717, 1.165) is 0 Å². The Labute approximate surface area is 515 Å². The van der Waals surface area contributed by atoms with E-state index in [1.807, 2.05) is 0 Å². The number of anilines is 3. The Kier molecular flexibility index (Phi) is 15.2. The van der Waals surface area contributed by atoms with Gasteiger partial charge in [0.15, 0.2) is 8.07 Å². The number of hydrogen-bond donors (Lipinski definition) is 0. The van der Waals surface area contributed by atoms with Gasteiger partial charge in [0.2, 0.25) is 13.4 Å². The van der Waals surface area contributed by atoms with Crippen molar-refractivity contribution in [2.75, 3.05) is 4.90 Å². The van der Waals surface area contributed by atoms with Gasteiger partial charge in [-0.3, -0.25) is 0 Å². The van der Waals surface area contributed by atoms with Gasteiger partial charge in [0.25, 0.3) is 0 Å². The fraction of sp³-hybridized carbons (Fsp3) is 0.220. The summed E-state index contributed by atoms with van der Waals surface area (Å²) in [4.78, 5) is 2.68. The van der Waals surface area contributed by atoms with Gasteiger partial charge in [-0.2, -0.15) is 0 Å². The van der Waals surface area contributed by atoms with Crippen molar-refractivity contribution in [3.8, 4) is 0 Å². The Bertz CT molecular complexity index is 4040. The fourth-order valence-corrected chi connectivity index (χ4v) is 21.4. The van der Waals surface area contributed by atoms with E-state index in [0.29, 0.717) is 35.5 Å². The Morgan fingerprint density at radius 2 is 0.605 bits per heavy atom. The predicted molar refractivity (Wildman–Crippen MR) is 379 cm³/mol. The fourth-order valence-electron chi connectivity index (χ4n) is 15.4. The van der Waals surface area contributed by atoms with Gasteiger partial charge in [0, 0.05) is 17.1 Å². The number of allylic oxidation sites excluding steroid dienone is 2. The molecule has 13 rings (SSSR count). The van der Waals surface area contributed by atoms with E-state index < -0.39 is 8.07 Å². The van der Waals surface area contributed by atoms with Crippen LogP contribution in [-0.2, 0) is 0 Å². The highest BCUT2D eigenvalue weighted by molar-refractivity contribution is 7.30. The summed E-state index contributed by atoms with van der Waals surface area (Å²) in [5.74, 6) is 2.13. The first kappa shape index (κ1) is 56.9. The number of nitrogens with zero attached hydrogens (tertiary/aromatic N) is 1. The van der Waals surface area contributed by atoms with E-state index in [2.05, 4.69) is 325 Å². The second-order valence-corrected chi connectivity index (χ2v) is 30.1. The minimum absolute atomic E-state index is 0.0127. The summed E-state index contributed by atoms with van der Waals surface area (Å²) in [6.45, 7) is 28.8. The molecule has 0 unspecified atom stereocenters. The monoisotopic (exact) mass is 1130 g/mol. The van der Waals surface area contributed by atoms with Gasteiger partial charge in [-0.05, 0) is 147 Å². The Morgan fingerprint density at radius 1 is 0.291 bits per heavy atom. The SMILES string of the molecule is CC(C)c1cc(C(C)C)c(B2c3ccccc3B(c3c(C(C)C)cc(C(C)C)cc3C(C)C)c3cc(N4c5ccccc5[Si]5(C(c6ccccc6)=C(c6ccccc6)C(c6ccccc6)=C5c5ccccc5)c5ccccc54)ccc32)c(C(C)C)c1. The van der Waals surface area contributed by atoms with E-state index in [1.165, 1.54) is 137 Å². The first-order chi connectivity index (χ1) is 41.7. The molecule has 10 aromatic rings. The number of rotatable bonds is 13. The van der Waals surface area contributed by atoms with Gasteiger partial charge in [0.1, 0.15) is 0 Å². The molecule has 0 atom stereocenters. The smallest absolute Gasteiger partial charge is 0.240 e. The van der Waals surface area contributed by atoms with Crippen molar-refractivity contribution < 1.29 is 0 Å². The number of para-hydroxylation sites is 2. The Balaban J connectivity index is 1.16. The van der Waals surface area contributed by atoms with Crippen LogP contribution in [0, 0.1) is 0 Å². The van der Waals surface area contributed by atoms with Gasteiger partial charge >= 0.3 is 0 Å². The maximum atomic E-state index is 2.68. The molecule has 10 aromatic carbocycles. The zero-order valence-corrected chi connectivity index (χ0v) is 53.6. The zero-order valence-electron chi connectivity index (χ0n) is 52.6. The van der Waals surface area contributed by atoms with Gasteiger partial charge in [-0.15, -0.1) is 0 Å². The van der Waals surface area contributed by atoms with E-state index in [4.69, 9.17) is 0 Å². The molecule has 3 aliphatic heterocycles. The van der Waals surface area contributed by atoms with E-state index in [-0.39, 0.29) is 13.4 Å². The van der Waals surface area contributed by atoms with Crippen molar-refractivity contribution in [3.05, 3.63) is 292 Å². The van der Waals surface area contributed by atoms with E-state index in [9.17, 15) is 0 Å². The molecule has 0 aromatic heterocycles. The van der Waals surface area contributed by atoms with Crippen LogP contribution in [0.2, 0.25) is 0 Å². The molecule has 0 saturated heterocycles. The average Bonchev–Trinajstić information content (AvgIpc) is 1.42. The third kappa shape index (κ3) is 9.29. The van der Waals surface area contributed by atoms with Crippen molar-refractivity contribution in [2.45, 2.75) is 119 Å². The first-order valence-electron chi connectivity index (χ1n) is 32.0. The standard InChI is InChI=1S/C82H81B2NSi/c1-52(2)62-47-65(54(5)6)79(66(48-62)55(7)8)83-69-39-25-26-40-70(69)84(80-67(56(9)10)49-63(53(3)4)50-68(80)57(11)12)72-51-64(45-46-71(72)83)85-73-41-27-29-43-75(73)86(76-44-30-28-42-74(76)85)81(60-35-21-15-22-36-60)77(58-31-17-13-18-32-58)78(59-33-19-14-20-34-59)82(86)61-37-23-16-24-38-61/h13-57H,1-12H3. The highest BCUT2D eigenvalue weighted by atomic mass is 28.3. The minimum Gasteiger partial charge on any atom is -0.311 e. The van der Waals surface area contributed by atoms with Crippen molar-refractivity contribution in [3.63, 3.8) is 0 Å². The van der Waals surface area contributed by atoms with Gasteiger partial charge in [-0.1, -0.05) is 328 Å². The molecular formula is C82H81B2NSi. The lowest BCUT2D eigenvalue weighted by Crippen LogP contribution is -2.76. The Morgan fingerprint density at radius 3 is 0.965 bits per heavy atom. The summed E-state index contributed by atoms with van der Waals surface area (Å²) in [5, 5.41) is 5.67. The van der Waals surface area contributed by atoms with E-state index >= 15 is 0 Å². The van der Waals surface area contributed by atoms with Crippen LogP contribution in [0.25, 0.3) is 21.5 Å². The van der Waals surface area contributed by atoms with Gasteiger partial charge < -0.3 is 4.90 Å². The summed E-state index contributed by atoms with van der Waals surface area (Å²) < 4.78 is 0. The molecule has 0 aliphatic carbocycles. The minimum atomic E-state index is -3.35. The molecule has 1 spiro atoms. The predicted octanol–water partition coefficient (Wildman–Crippen LogP) is 16.4.